The maximum absolute atomic E-state index is 14.1. The molecule has 0 aliphatic carbocycles. The summed E-state index contributed by atoms with van der Waals surface area (Å²) in [6, 6.07) is 15.5. The molecule has 6 rings (SSSR count). The second kappa shape index (κ2) is 12.4. The number of nitrogens with zero attached hydrogens (tertiary/aromatic N) is 4. The largest absolute Gasteiger partial charge is 0.478 e. The van der Waals surface area contributed by atoms with Crippen molar-refractivity contribution in [1.82, 2.24) is 19.4 Å². The zero-order chi connectivity index (χ0) is 28.3. The van der Waals surface area contributed by atoms with E-state index in [0.29, 0.717) is 34.6 Å². The van der Waals surface area contributed by atoms with Crippen molar-refractivity contribution in [2.45, 2.75) is 55.2 Å². The summed E-state index contributed by atoms with van der Waals surface area (Å²) in [5, 5.41) is 9.86. The number of carbonyl (C=O) groups is 1. The van der Waals surface area contributed by atoms with Crippen molar-refractivity contribution >= 4 is 40.4 Å². The van der Waals surface area contributed by atoms with Gasteiger partial charge in [-0.25, -0.2) is 19.2 Å². The molecule has 41 heavy (non-hydrogen) atoms. The lowest BCUT2D eigenvalue weighted by Crippen LogP contribution is -2.39. The number of rotatable bonds is 10. The third-order valence-corrected chi connectivity index (χ3v) is 8.81. The van der Waals surface area contributed by atoms with Gasteiger partial charge in [-0.1, -0.05) is 17.7 Å². The van der Waals surface area contributed by atoms with Gasteiger partial charge in [-0.3, -0.25) is 4.90 Å². The van der Waals surface area contributed by atoms with Gasteiger partial charge in [-0.15, -0.1) is 11.8 Å². The summed E-state index contributed by atoms with van der Waals surface area (Å²) in [5.74, 6) is 0.738. The van der Waals surface area contributed by atoms with Crippen LogP contribution < -0.4 is 4.74 Å². The van der Waals surface area contributed by atoms with E-state index in [0.717, 1.165) is 61.5 Å². The van der Waals surface area contributed by atoms with Gasteiger partial charge in [0, 0.05) is 41.4 Å². The van der Waals surface area contributed by atoms with E-state index in [1.54, 1.807) is 30.3 Å². The topological polar surface area (TPSA) is 89.7 Å². The van der Waals surface area contributed by atoms with Gasteiger partial charge >= 0.3 is 5.97 Å². The SMILES string of the molecule is O=C(O)c1ccc2nc(CN3CCC(Oc4cccc(CSc5ccc(Cl)cc5F)n4)CC3)n(CC3CCO3)c2c1. The number of aromatic nitrogens is 3. The van der Waals surface area contributed by atoms with E-state index in [1.165, 1.54) is 17.8 Å². The van der Waals surface area contributed by atoms with Crippen LogP contribution in [0.25, 0.3) is 11.0 Å². The quantitative estimate of drug-likeness (QED) is 0.221. The smallest absolute Gasteiger partial charge is 0.335 e. The van der Waals surface area contributed by atoms with Crippen LogP contribution >= 0.6 is 23.4 Å². The molecule has 0 spiro atoms. The first-order valence-electron chi connectivity index (χ1n) is 13.7. The van der Waals surface area contributed by atoms with Crippen molar-refractivity contribution in [3.8, 4) is 5.88 Å². The van der Waals surface area contributed by atoms with E-state index in [2.05, 4.69) is 14.5 Å². The average molecular weight is 597 g/mol. The van der Waals surface area contributed by atoms with Crippen molar-refractivity contribution in [1.29, 1.82) is 0 Å². The normalized spacial score (nSPS) is 18.0. The molecule has 0 saturated carbocycles. The first-order valence-corrected chi connectivity index (χ1v) is 15.0. The second-order valence-corrected chi connectivity index (χ2v) is 11.8. The van der Waals surface area contributed by atoms with Crippen molar-refractivity contribution in [3.05, 3.63) is 82.5 Å². The average Bonchev–Trinajstić information content (AvgIpc) is 3.27. The number of thioether (sulfide) groups is 1. The maximum Gasteiger partial charge on any atom is 0.335 e. The Bertz CT molecular complexity index is 1560. The Kier molecular flexibility index (Phi) is 8.43. The number of fused-ring (bicyclic) bond motifs is 1. The molecule has 2 fully saturated rings. The predicted octanol–water partition coefficient (Wildman–Crippen LogP) is 6.05. The Morgan fingerprint density at radius 3 is 2.68 bits per heavy atom. The van der Waals surface area contributed by atoms with Gasteiger partial charge in [-0.2, -0.15) is 0 Å². The minimum atomic E-state index is -0.947. The number of aromatic carboxylic acids is 1. The Hall–Kier alpha value is -3.18. The van der Waals surface area contributed by atoms with Crippen LogP contribution in [0.4, 0.5) is 4.39 Å². The number of hydrogen-bond donors (Lipinski definition) is 1. The lowest BCUT2D eigenvalue weighted by molar-refractivity contribution is -0.0592. The summed E-state index contributed by atoms with van der Waals surface area (Å²) in [7, 11) is 0. The molecule has 2 aromatic carbocycles. The summed E-state index contributed by atoms with van der Waals surface area (Å²) in [5.41, 5.74) is 2.70. The summed E-state index contributed by atoms with van der Waals surface area (Å²) in [6.07, 6.45) is 2.88. The number of benzene rings is 2. The van der Waals surface area contributed by atoms with Crippen molar-refractivity contribution in [2.75, 3.05) is 19.7 Å². The van der Waals surface area contributed by atoms with Gasteiger partial charge in [0.15, 0.2) is 0 Å². The van der Waals surface area contributed by atoms with E-state index in [9.17, 15) is 14.3 Å². The second-order valence-electron chi connectivity index (χ2n) is 10.4. The Labute approximate surface area is 246 Å². The number of imidazole rings is 1. The molecule has 1 atom stereocenters. The predicted molar refractivity (Wildman–Crippen MR) is 155 cm³/mol. The van der Waals surface area contributed by atoms with Crippen LogP contribution in [0.5, 0.6) is 5.88 Å². The first-order chi connectivity index (χ1) is 19.9. The molecule has 4 heterocycles. The zero-order valence-corrected chi connectivity index (χ0v) is 23.9. The van der Waals surface area contributed by atoms with Crippen LogP contribution in [0.3, 0.4) is 0 Å². The molecular weight excluding hydrogens is 567 g/mol. The fourth-order valence-corrected chi connectivity index (χ4v) is 6.15. The molecule has 11 heteroatoms. The maximum atomic E-state index is 14.1. The molecule has 4 aromatic rings. The van der Waals surface area contributed by atoms with E-state index >= 15 is 0 Å². The lowest BCUT2D eigenvalue weighted by Gasteiger charge is -2.32. The number of hydrogen-bond acceptors (Lipinski definition) is 7. The first kappa shape index (κ1) is 28.0. The van der Waals surface area contributed by atoms with Crippen molar-refractivity contribution in [3.63, 3.8) is 0 Å². The van der Waals surface area contributed by atoms with Gasteiger partial charge in [0.2, 0.25) is 5.88 Å². The highest BCUT2D eigenvalue weighted by molar-refractivity contribution is 7.98. The number of carboxylic acids is 1. The fourth-order valence-electron chi connectivity index (χ4n) is 5.17. The van der Waals surface area contributed by atoms with Crippen LogP contribution in [-0.4, -0.2) is 62.4 Å². The van der Waals surface area contributed by atoms with Gasteiger partial charge in [0.25, 0.3) is 0 Å². The molecule has 214 valence electrons. The molecule has 0 amide bonds. The molecule has 1 unspecified atom stereocenters. The van der Waals surface area contributed by atoms with E-state index in [1.807, 2.05) is 18.2 Å². The third kappa shape index (κ3) is 6.67. The number of carboxylic acid groups (broad SMARTS) is 1. The molecule has 2 aliphatic heterocycles. The molecule has 2 saturated heterocycles. The summed E-state index contributed by atoms with van der Waals surface area (Å²) < 4.78 is 28.2. The molecule has 1 N–H and O–H groups in total. The summed E-state index contributed by atoms with van der Waals surface area (Å²) in [6.45, 7) is 3.79. The van der Waals surface area contributed by atoms with Gasteiger partial charge < -0.3 is 19.1 Å². The van der Waals surface area contributed by atoms with Crippen molar-refractivity contribution in [2.24, 2.45) is 0 Å². The van der Waals surface area contributed by atoms with E-state index in [4.69, 9.17) is 26.1 Å². The zero-order valence-electron chi connectivity index (χ0n) is 22.3. The van der Waals surface area contributed by atoms with E-state index in [-0.39, 0.29) is 23.6 Å². The molecule has 2 aliphatic rings. The number of likely N-dealkylation sites (tertiary alicyclic amines) is 1. The van der Waals surface area contributed by atoms with Gasteiger partial charge in [0.05, 0.1) is 41.5 Å². The van der Waals surface area contributed by atoms with Crippen LogP contribution in [0.15, 0.2) is 59.5 Å². The van der Waals surface area contributed by atoms with Gasteiger partial charge in [0.1, 0.15) is 17.7 Å². The fraction of sp³-hybridized carbons (Fsp3) is 0.367. The molecule has 0 radical (unpaired) electrons. The number of halogens is 2. The van der Waals surface area contributed by atoms with Crippen LogP contribution in [0.1, 0.15) is 41.1 Å². The molecule has 8 nitrogen and oxygen atoms in total. The van der Waals surface area contributed by atoms with Crippen LogP contribution in [0, 0.1) is 5.82 Å². The minimum Gasteiger partial charge on any atom is -0.478 e. The summed E-state index contributed by atoms with van der Waals surface area (Å²) in [4.78, 5) is 24.0. The molecular formula is C30H30ClFN4O4S. The highest BCUT2D eigenvalue weighted by Crippen LogP contribution is 2.28. The van der Waals surface area contributed by atoms with Crippen molar-refractivity contribution < 1.29 is 23.8 Å². The monoisotopic (exact) mass is 596 g/mol. The number of ether oxygens (including phenoxy) is 2. The lowest BCUT2D eigenvalue weighted by atomic mass is 10.1. The van der Waals surface area contributed by atoms with Crippen LogP contribution in [0.2, 0.25) is 5.02 Å². The third-order valence-electron chi connectivity index (χ3n) is 7.49. The number of pyridine rings is 1. The summed E-state index contributed by atoms with van der Waals surface area (Å²) >= 11 is 7.23. The Morgan fingerprint density at radius 1 is 1.12 bits per heavy atom. The number of piperidine rings is 1. The Morgan fingerprint density at radius 2 is 1.95 bits per heavy atom. The molecule has 2 aromatic heterocycles. The highest BCUT2D eigenvalue weighted by atomic mass is 35.5. The van der Waals surface area contributed by atoms with E-state index < -0.39 is 5.97 Å². The Balaban J connectivity index is 1.06. The highest BCUT2D eigenvalue weighted by Gasteiger charge is 2.26. The molecule has 0 bridgehead atoms. The van der Waals surface area contributed by atoms with Crippen LogP contribution in [-0.2, 0) is 23.6 Å². The minimum absolute atomic E-state index is 0.0516. The standard InChI is InChI=1S/C30H30ClFN4O4S/c31-20-5-7-27(24(32)15-20)41-18-21-2-1-3-29(33-21)40-22-8-11-35(12-9-22)17-28-34-25-6-4-19(30(37)38)14-26(25)36(28)16-23-10-13-39-23/h1-7,14-15,22-23H,8-13,16-18H2,(H,37,38). The van der Waals surface area contributed by atoms with Gasteiger partial charge in [-0.05, 0) is 61.7 Å².